The molecular weight excluding hydrogens is 354 g/mol. The molecule has 1 N–H and O–H groups in total. The lowest BCUT2D eigenvalue weighted by molar-refractivity contribution is 0.0995. The van der Waals surface area contributed by atoms with Crippen molar-refractivity contribution in [2.45, 2.75) is 45.4 Å². The lowest BCUT2D eigenvalue weighted by atomic mass is 10.1. The highest BCUT2D eigenvalue weighted by molar-refractivity contribution is 7.89. The summed E-state index contributed by atoms with van der Waals surface area (Å²) in [5, 5.41) is 2.78. The van der Waals surface area contributed by atoms with Crippen molar-refractivity contribution in [1.29, 1.82) is 0 Å². The smallest absolute Gasteiger partial charge is 0.291 e. The quantitative estimate of drug-likeness (QED) is 0.884. The van der Waals surface area contributed by atoms with Gasteiger partial charge < -0.3 is 9.73 Å². The molecule has 1 saturated heterocycles. The van der Waals surface area contributed by atoms with Crippen molar-refractivity contribution in [3.63, 3.8) is 0 Å². The second-order valence-electron chi connectivity index (χ2n) is 6.64. The maximum atomic E-state index is 12.7. The average Bonchev–Trinajstić information content (AvgIpc) is 3.20. The van der Waals surface area contributed by atoms with Crippen LogP contribution in [0.1, 0.15) is 46.1 Å². The van der Waals surface area contributed by atoms with Crippen molar-refractivity contribution in [3.8, 4) is 0 Å². The number of nitrogens with zero attached hydrogens (tertiary/aromatic N) is 2. The van der Waals surface area contributed by atoms with Crippen LogP contribution in [-0.2, 0) is 10.0 Å². The number of nitrogens with one attached hydrogen (secondary N) is 1. The van der Waals surface area contributed by atoms with Gasteiger partial charge in [-0.2, -0.15) is 4.31 Å². The van der Waals surface area contributed by atoms with Crippen molar-refractivity contribution in [1.82, 2.24) is 9.29 Å². The van der Waals surface area contributed by atoms with Crippen molar-refractivity contribution in [2.24, 2.45) is 0 Å². The van der Waals surface area contributed by atoms with E-state index in [0.717, 1.165) is 24.1 Å². The van der Waals surface area contributed by atoms with Crippen molar-refractivity contribution < 1.29 is 17.6 Å². The number of hydrogen-bond acceptors (Lipinski definition) is 5. The largest absolute Gasteiger partial charge is 0.455 e. The van der Waals surface area contributed by atoms with Gasteiger partial charge in [-0.1, -0.05) is 0 Å². The van der Waals surface area contributed by atoms with Crippen LogP contribution in [-0.4, -0.2) is 36.7 Å². The fourth-order valence-electron chi connectivity index (χ4n) is 3.29. The van der Waals surface area contributed by atoms with E-state index in [0.29, 0.717) is 24.5 Å². The van der Waals surface area contributed by atoms with Gasteiger partial charge in [0.1, 0.15) is 10.7 Å². The molecule has 0 unspecified atom stereocenters. The molecule has 1 aliphatic rings. The molecule has 140 valence electrons. The molecule has 8 heteroatoms. The number of carbonyl (C=O) groups is 1. The van der Waals surface area contributed by atoms with Gasteiger partial charge in [0.15, 0.2) is 5.76 Å². The minimum Gasteiger partial charge on any atom is -0.455 e. The third kappa shape index (κ3) is 3.39. The summed E-state index contributed by atoms with van der Waals surface area (Å²) in [6.45, 7) is 8.14. The molecule has 0 radical (unpaired) electrons. The van der Waals surface area contributed by atoms with Crippen LogP contribution < -0.4 is 5.32 Å². The van der Waals surface area contributed by atoms with Crippen LogP contribution in [0.25, 0.3) is 0 Å². The second kappa shape index (κ2) is 6.85. The van der Waals surface area contributed by atoms with Gasteiger partial charge in [0, 0.05) is 24.8 Å². The van der Waals surface area contributed by atoms with Gasteiger partial charge in [-0.15, -0.1) is 0 Å². The van der Waals surface area contributed by atoms with Crippen LogP contribution in [0.4, 0.5) is 5.69 Å². The number of amides is 1. The number of sulfonamides is 1. The van der Waals surface area contributed by atoms with Gasteiger partial charge in [0.2, 0.25) is 10.0 Å². The molecule has 0 aromatic carbocycles. The highest BCUT2D eigenvalue weighted by Gasteiger charge is 2.31. The van der Waals surface area contributed by atoms with Crippen molar-refractivity contribution >= 4 is 21.6 Å². The number of pyridine rings is 1. The standard InChI is InChI=1S/C18H23N3O4S/c1-11-9-12(2)19-13(3)17(11)20-18(22)15-10-16(14(4)25-15)26(23,24)21-7-5-6-8-21/h9-10H,5-8H2,1-4H3,(H,20,22). The van der Waals surface area contributed by atoms with Crippen LogP contribution in [0.15, 0.2) is 21.4 Å². The fourth-order valence-corrected chi connectivity index (χ4v) is 4.97. The highest BCUT2D eigenvalue weighted by atomic mass is 32.2. The monoisotopic (exact) mass is 377 g/mol. The first-order valence-corrected chi connectivity index (χ1v) is 10.0. The van der Waals surface area contributed by atoms with E-state index in [-0.39, 0.29) is 16.4 Å². The van der Waals surface area contributed by atoms with Crippen LogP contribution in [0, 0.1) is 27.7 Å². The maximum absolute atomic E-state index is 12.7. The maximum Gasteiger partial charge on any atom is 0.291 e. The third-order valence-corrected chi connectivity index (χ3v) is 6.55. The molecule has 0 aliphatic carbocycles. The third-order valence-electron chi connectivity index (χ3n) is 4.54. The normalized spacial score (nSPS) is 15.4. The predicted octanol–water partition coefficient (Wildman–Crippen LogP) is 2.95. The highest BCUT2D eigenvalue weighted by Crippen LogP contribution is 2.27. The number of aryl methyl sites for hydroxylation is 4. The molecule has 0 bridgehead atoms. The molecule has 26 heavy (non-hydrogen) atoms. The molecular formula is C18H23N3O4S. The number of furan rings is 1. The topological polar surface area (TPSA) is 92.5 Å². The summed E-state index contributed by atoms with van der Waals surface area (Å²) in [5.41, 5.74) is 3.06. The number of anilines is 1. The van der Waals surface area contributed by atoms with Gasteiger partial charge in [-0.3, -0.25) is 9.78 Å². The van der Waals surface area contributed by atoms with Gasteiger partial charge in [0.05, 0.1) is 11.4 Å². The van der Waals surface area contributed by atoms with E-state index in [4.69, 9.17) is 4.42 Å². The number of hydrogen-bond donors (Lipinski definition) is 1. The molecule has 0 atom stereocenters. The summed E-state index contributed by atoms with van der Waals surface area (Å²) in [4.78, 5) is 17.0. The van der Waals surface area contributed by atoms with E-state index in [1.807, 2.05) is 26.8 Å². The minimum atomic E-state index is -3.63. The van der Waals surface area contributed by atoms with E-state index in [1.165, 1.54) is 10.4 Å². The molecule has 7 nitrogen and oxygen atoms in total. The summed E-state index contributed by atoms with van der Waals surface area (Å²) in [6.07, 6.45) is 1.70. The number of aromatic nitrogens is 1. The van der Waals surface area contributed by atoms with E-state index in [9.17, 15) is 13.2 Å². The molecule has 1 aliphatic heterocycles. The summed E-state index contributed by atoms with van der Waals surface area (Å²) in [6, 6.07) is 3.18. The van der Waals surface area contributed by atoms with Gasteiger partial charge in [-0.05, 0) is 52.2 Å². The molecule has 1 fully saturated rings. The van der Waals surface area contributed by atoms with Crippen LogP contribution in [0.3, 0.4) is 0 Å². The average molecular weight is 377 g/mol. The van der Waals surface area contributed by atoms with Gasteiger partial charge >= 0.3 is 0 Å². The lowest BCUT2D eigenvalue weighted by Crippen LogP contribution is -2.28. The Kier molecular flexibility index (Phi) is 4.90. The first-order valence-electron chi connectivity index (χ1n) is 8.57. The van der Waals surface area contributed by atoms with E-state index < -0.39 is 15.9 Å². The predicted molar refractivity (Wildman–Crippen MR) is 97.8 cm³/mol. The summed E-state index contributed by atoms with van der Waals surface area (Å²) < 4.78 is 32.3. The van der Waals surface area contributed by atoms with Gasteiger partial charge in [0.25, 0.3) is 5.91 Å². The van der Waals surface area contributed by atoms with E-state index in [2.05, 4.69) is 10.3 Å². The summed E-state index contributed by atoms with van der Waals surface area (Å²) in [7, 11) is -3.63. The Morgan fingerprint density at radius 2 is 1.81 bits per heavy atom. The van der Waals surface area contributed by atoms with Gasteiger partial charge in [-0.25, -0.2) is 8.42 Å². The Labute approximate surface area is 153 Å². The van der Waals surface area contributed by atoms with E-state index in [1.54, 1.807) is 6.92 Å². The molecule has 0 saturated carbocycles. The molecule has 1 amide bonds. The first-order chi connectivity index (χ1) is 12.2. The Morgan fingerprint density at radius 3 is 2.42 bits per heavy atom. The lowest BCUT2D eigenvalue weighted by Gasteiger charge is -2.14. The second-order valence-corrected chi connectivity index (χ2v) is 8.54. The zero-order chi connectivity index (χ0) is 19.1. The van der Waals surface area contributed by atoms with Crippen LogP contribution >= 0.6 is 0 Å². The fraction of sp³-hybridized carbons (Fsp3) is 0.444. The SMILES string of the molecule is Cc1cc(C)c(NC(=O)c2cc(S(=O)(=O)N3CCCC3)c(C)o2)c(C)n1. The molecule has 3 heterocycles. The summed E-state index contributed by atoms with van der Waals surface area (Å²) in [5.74, 6) is -0.301. The molecule has 3 rings (SSSR count). The Hall–Kier alpha value is -2.19. The van der Waals surface area contributed by atoms with Crippen molar-refractivity contribution in [3.05, 3.63) is 40.6 Å². The Bertz CT molecular complexity index is 934. The number of carbonyl (C=O) groups excluding carboxylic acids is 1. The number of rotatable bonds is 4. The zero-order valence-corrected chi connectivity index (χ0v) is 16.2. The van der Waals surface area contributed by atoms with Crippen molar-refractivity contribution in [2.75, 3.05) is 18.4 Å². The Morgan fingerprint density at radius 1 is 1.15 bits per heavy atom. The Balaban J connectivity index is 1.88. The minimum absolute atomic E-state index is 0.0281. The van der Waals surface area contributed by atoms with Crippen LogP contribution in [0.5, 0.6) is 0 Å². The zero-order valence-electron chi connectivity index (χ0n) is 15.4. The molecule has 2 aromatic rings. The van der Waals surface area contributed by atoms with Crippen LogP contribution in [0.2, 0.25) is 0 Å². The van der Waals surface area contributed by atoms with E-state index >= 15 is 0 Å². The summed E-state index contributed by atoms with van der Waals surface area (Å²) >= 11 is 0. The molecule has 0 spiro atoms. The first kappa shape index (κ1) is 18.6. The molecule has 2 aromatic heterocycles.